The van der Waals surface area contributed by atoms with E-state index in [0.29, 0.717) is 23.9 Å². The Morgan fingerprint density at radius 1 is 1.22 bits per heavy atom. The highest BCUT2D eigenvalue weighted by atomic mass is 32.2. The van der Waals surface area contributed by atoms with Gasteiger partial charge in [-0.2, -0.15) is 0 Å². The van der Waals surface area contributed by atoms with Crippen molar-refractivity contribution < 1.29 is 8.42 Å². The third-order valence-corrected chi connectivity index (χ3v) is 4.36. The van der Waals surface area contributed by atoms with Crippen LogP contribution >= 0.6 is 0 Å². The summed E-state index contributed by atoms with van der Waals surface area (Å²) in [5.41, 5.74) is 7.25. The van der Waals surface area contributed by atoms with Crippen LogP contribution in [-0.4, -0.2) is 56.7 Å². The molecule has 124 valence electrons. The molecule has 0 radical (unpaired) electrons. The van der Waals surface area contributed by atoms with E-state index >= 15 is 0 Å². The first-order valence-corrected chi connectivity index (χ1v) is 8.98. The van der Waals surface area contributed by atoms with E-state index in [-0.39, 0.29) is 4.90 Å². The molecule has 0 saturated heterocycles. The Balaban J connectivity index is 2.23. The summed E-state index contributed by atoms with van der Waals surface area (Å²) < 4.78 is 23.0. The minimum atomic E-state index is -3.21. The number of nitrogens with one attached hydrogen (secondary N) is 1. The monoisotopic (exact) mass is 335 g/mol. The number of hydrogen-bond acceptors (Lipinski definition) is 7. The van der Waals surface area contributed by atoms with E-state index in [0.717, 1.165) is 12.1 Å². The Hall–Kier alpha value is -2.19. The second-order valence-electron chi connectivity index (χ2n) is 5.52. The molecule has 1 aromatic carbocycles. The van der Waals surface area contributed by atoms with Gasteiger partial charge in [-0.15, -0.1) is 0 Å². The molecule has 1 heterocycles. The first-order chi connectivity index (χ1) is 10.8. The van der Waals surface area contributed by atoms with E-state index in [1.165, 1.54) is 6.26 Å². The zero-order valence-corrected chi connectivity index (χ0v) is 14.3. The fourth-order valence-corrected chi connectivity index (χ4v) is 2.57. The molecule has 0 unspecified atom stereocenters. The Labute approximate surface area is 136 Å². The second kappa shape index (κ2) is 6.93. The summed E-state index contributed by atoms with van der Waals surface area (Å²) in [6, 6.07) is 6.53. The standard InChI is InChI=1S/C15H21N5O2S/c1-20(2)9-8-17-15-14(16)18-10-13(19-15)11-4-6-12(7-5-11)23(3,21)22/h4-7,10H,8-9H2,1-3H3,(H2,16,18)(H,17,19). The van der Waals surface area contributed by atoms with Gasteiger partial charge in [-0.05, 0) is 26.2 Å². The van der Waals surface area contributed by atoms with Crippen molar-refractivity contribution >= 4 is 21.5 Å². The zero-order chi connectivity index (χ0) is 17.0. The lowest BCUT2D eigenvalue weighted by molar-refractivity contribution is 0.425. The maximum Gasteiger partial charge on any atom is 0.175 e. The highest BCUT2D eigenvalue weighted by molar-refractivity contribution is 7.90. The van der Waals surface area contributed by atoms with Crippen LogP contribution in [0.25, 0.3) is 11.3 Å². The van der Waals surface area contributed by atoms with E-state index in [2.05, 4.69) is 15.3 Å². The first-order valence-electron chi connectivity index (χ1n) is 7.09. The van der Waals surface area contributed by atoms with Gasteiger partial charge in [0.15, 0.2) is 21.5 Å². The molecule has 7 nitrogen and oxygen atoms in total. The predicted octanol–water partition coefficient (Wildman–Crippen LogP) is 1.10. The molecular weight excluding hydrogens is 314 g/mol. The maximum absolute atomic E-state index is 11.5. The van der Waals surface area contributed by atoms with Crippen LogP contribution in [0.1, 0.15) is 0 Å². The fraction of sp³-hybridized carbons (Fsp3) is 0.333. The second-order valence-corrected chi connectivity index (χ2v) is 7.53. The molecule has 0 aliphatic rings. The smallest absolute Gasteiger partial charge is 0.175 e. The van der Waals surface area contributed by atoms with Gasteiger partial charge in [-0.25, -0.2) is 18.4 Å². The highest BCUT2D eigenvalue weighted by Gasteiger charge is 2.09. The SMILES string of the molecule is CN(C)CCNc1nc(-c2ccc(S(C)(=O)=O)cc2)cnc1N. The van der Waals surface area contributed by atoms with Crippen LogP contribution in [0.3, 0.4) is 0 Å². The number of nitrogen functional groups attached to an aromatic ring is 1. The average Bonchev–Trinajstić information content (AvgIpc) is 2.48. The van der Waals surface area contributed by atoms with Crippen LogP contribution in [0.4, 0.5) is 11.6 Å². The van der Waals surface area contributed by atoms with Crippen LogP contribution in [-0.2, 0) is 9.84 Å². The highest BCUT2D eigenvalue weighted by Crippen LogP contribution is 2.22. The molecule has 0 bridgehead atoms. The quantitative estimate of drug-likeness (QED) is 0.815. The van der Waals surface area contributed by atoms with Gasteiger partial charge in [0.05, 0.1) is 16.8 Å². The number of rotatable bonds is 6. The maximum atomic E-state index is 11.5. The first kappa shape index (κ1) is 17.2. The summed E-state index contributed by atoms with van der Waals surface area (Å²) in [5.74, 6) is 0.858. The molecular formula is C15H21N5O2S. The number of anilines is 2. The van der Waals surface area contributed by atoms with E-state index in [1.54, 1.807) is 30.5 Å². The van der Waals surface area contributed by atoms with Gasteiger partial charge in [0.25, 0.3) is 0 Å². The molecule has 0 saturated carbocycles. The van der Waals surface area contributed by atoms with Crippen molar-refractivity contribution in [1.29, 1.82) is 0 Å². The van der Waals surface area contributed by atoms with Gasteiger partial charge in [0.1, 0.15) is 0 Å². The third-order valence-electron chi connectivity index (χ3n) is 3.23. The summed E-state index contributed by atoms with van der Waals surface area (Å²) in [4.78, 5) is 10.9. The van der Waals surface area contributed by atoms with Gasteiger partial charge in [-0.1, -0.05) is 12.1 Å². The molecule has 0 atom stereocenters. The number of likely N-dealkylation sites (N-methyl/N-ethyl adjacent to an activating group) is 1. The van der Waals surface area contributed by atoms with E-state index in [4.69, 9.17) is 5.73 Å². The van der Waals surface area contributed by atoms with Crippen molar-refractivity contribution in [3.63, 3.8) is 0 Å². The topological polar surface area (TPSA) is 101 Å². The summed E-state index contributed by atoms with van der Waals surface area (Å²) in [7, 11) is 0.755. The van der Waals surface area contributed by atoms with Crippen molar-refractivity contribution in [2.45, 2.75) is 4.90 Å². The minimum Gasteiger partial charge on any atom is -0.381 e. The predicted molar refractivity (Wildman–Crippen MR) is 92.0 cm³/mol. The molecule has 8 heteroatoms. The molecule has 2 aromatic rings. The molecule has 0 spiro atoms. The van der Waals surface area contributed by atoms with Crippen molar-refractivity contribution in [2.24, 2.45) is 0 Å². The van der Waals surface area contributed by atoms with Gasteiger partial charge in [-0.3, -0.25) is 0 Å². The minimum absolute atomic E-state index is 0.272. The van der Waals surface area contributed by atoms with E-state index < -0.39 is 9.84 Å². The van der Waals surface area contributed by atoms with Crippen molar-refractivity contribution in [2.75, 3.05) is 44.5 Å². The van der Waals surface area contributed by atoms with Gasteiger partial charge in [0, 0.05) is 24.9 Å². The summed E-state index contributed by atoms with van der Waals surface area (Å²) >= 11 is 0. The lowest BCUT2D eigenvalue weighted by atomic mass is 10.2. The molecule has 0 aliphatic heterocycles. The van der Waals surface area contributed by atoms with Crippen molar-refractivity contribution in [1.82, 2.24) is 14.9 Å². The number of nitrogens with two attached hydrogens (primary N) is 1. The Morgan fingerprint density at radius 3 is 2.43 bits per heavy atom. The van der Waals surface area contributed by atoms with Crippen LogP contribution in [0.15, 0.2) is 35.4 Å². The van der Waals surface area contributed by atoms with Crippen LogP contribution < -0.4 is 11.1 Å². The molecule has 23 heavy (non-hydrogen) atoms. The lowest BCUT2D eigenvalue weighted by Crippen LogP contribution is -2.21. The van der Waals surface area contributed by atoms with E-state index in [9.17, 15) is 8.42 Å². The number of sulfone groups is 1. The summed E-state index contributed by atoms with van der Waals surface area (Å²) in [6.45, 7) is 1.54. The molecule has 0 fully saturated rings. The Kier molecular flexibility index (Phi) is 5.17. The number of nitrogens with zero attached hydrogens (tertiary/aromatic N) is 3. The van der Waals surface area contributed by atoms with Gasteiger partial charge < -0.3 is 16.0 Å². The molecule has 0 amide bonds. The van der Waals surface area contributed by atoms with E-state index in [1.807, 2.05) is 19.0 Å². The molecule has 0 aliphatic carbocycles. The Morgan fingerprint density at radius 2 is 1.87 bits per heavy atom. The largest absolute Gasteiger partial charge is 0.381 e. The average molecular weight is 335 g/mol. The van der Waals surface area contributed by atoms with Crippen molar-refractivity contribution in [3.05, 3.63) is 30.5 Å². The number of aromatic nitrogens is 2. The molecule has 3 N–H and O–H groups in total. The number of benzene rings is 1. The van der Waals surface area contributed by atoms with Crippen LogP contribution in [0.5, 0.6) is 0 Å². The zero-order valence-electron chi connectivity index (χ0n) is 13.4. The molecule has 2 rings (SSSR count). The van der Waals surface area contributed by atoms with Crippen molar-refractivity contribution in [3.8, 4) is 11.3 Å². The normalized spacial score (nSPS) is 11.7. The summed E-state index contributed by atoms with van der Waals surface area (Å²) in [5, 5.41) is 3.15. The van der Waals surface area contributed by atoms with Gasteiger partial charge >= 0.3 is 0 Å². The summed E-state index contributed by atoms with van der Waals surface area (Å²) in [6.07, 6.45) is 2.75. The van der Waals surface area contributed by atoms with Crippen LogP contribution in [0, 0.1) is 0 Å². The third kappa shape index (κ3) is 4.64. The molecule has 1 aromatic heterocycles. The number of hydrogen-bond donors (Lipinski definition) is 2. The Bertz CT molecular complexity index is 773. The van der Waals surface area contributed by atoms with Gasteiger partial charge in [0.2, 0.25) is 0 Å². The lowest BCUT2D eigenvalue weighted by Gasteiger charge is -2.12. The fourth-order valence-electron chi connectivity index (χ4n) is 1.94. The van der Waals surface area contributed by atoms with Crippen LogP contribution in [0.2, 0.25) is 0 Å².